The Morgan fingerprint density at radius 2 is 1.73 bits per heavy atom. The summed E-state index contributed by atoms with van der Waals surface area (Å²) in [6.45, 7) is 5.27. The summed E-state index contributed by atoms with van der Waals surface area (Å²) in [6.07, 6.45) is 0.159. The van der Waals surface area contributed by atoms with Crippen molar-refractivity contribution < 1.29 is 23.5 Å². The lowest BCUT2D eigenvalue weighted by Gasteiger charge is -2.12. The number of hydrogen-bond donors (Lipinski definition) is 1. The average Bonchev–Trinajstić information content (AvgIpc) is 2.72. The number of benzene rings is 2. The highest BCUT2D eigenvalue weighted by atomic mass is 16.5. The number of phenols is 1. The van der Waals surface area contributed by atoms with Gasteiger partial charge >= 0.3 is 0 Å². The van der Waals surface area contributed by atoms with E-state index in [1.807, 2.05) is 13.8 Å². The third kappa shape index (κ3) is 4.26. The van der Waals surface area contributed by atoms with Crippen molar-refractivity contribution in [3.8, 4) is 11.5 Å². The van der Waals surface area contributed by atoms with Crippen molar-refractivity contribution >= 4 is 27.7 Å². The van der Waals surface area contributed by atoms with Crippen LogP contribution in [0.15, 0.2) is 54.8 Å². The van der Waals surface area contributed by atoms with Crippen molar-refractivity contribution in [2.75, 3.05) is 7.11 Å². The maximum Gasteiger partial charge on any atom is 0.193 e. The number of phenolic OH excluding ortho intramolecular Hbond substituents is 1. The van der Waals surface area contributed by atoms with Gasteiger partial charge in [0, 0.05) is 37.0 Å². The van der Waals surface area contributed by atoms with E-state index in [9.17, 15) is 19.5 Å². The number of ketones is 1. The van der Waals surface area contributed by atoms with Gasteiger partial charge in [-0.3, -0.25) is 14.4 Å². The Kier molecular flexibility index (Phi) is 5.80. The molecular weight excluding hydrogens is 424 g/mol. The second kappa shape index (κ2) is 8.58. The molecule has 0 unspecified atom stereocenters. The molecule has 4 rings (SSSR count). The number of methoxy groups -OCH3 is 1. The van der Waals surface area contributed by atoms with E-state index < -0.39 is 0 Å². The van der Waals surface area contributed by atoms with Gasteiger partial charge < -0.3 is 18.7 Å². The van der Waals surface area contributed by atoms with E-state index >= 15 is 0 Å². The predicted octanol–water partition coefficient (Wildman–Crippen LogP) is 4.46. The number of ether oxygens (including phenoxy) is 1. The molecule has 0 fully saturated rings. The summed E-state index contributed by atoms with van der Waals surface area (Å²) in [7, 11) is 1.50. The molecule has 4 aromatic rings. The lowest BCUT2D eigenvalue weighted by atomic mass is 10.0. The molecule has 1 N–H and O–H groups in total. The molecule has 170 valence electrons. The summed E-state index contributed by atoms with van der Waals surface area (Å²) < 4.78 is 17.3. The summed E-state index contributed by atoms with van der Waals surface area (Å²) in [6, 6.07) is 9.01. The fourth-order valence-electron chi connectivity index (χ4n) is 4.01. The zero-order valence-electron chi connectivity index (χ0n) is 18.9. The standard InChI is InChI=1S/C26H24O7/c1-13(2)22-12-20(30)25-15(5-6-21(31-4)26(25)33-22)9-18-11-19(29)24-16(7-14(3)27)8-17(28)10-23(24)32-18/h5-6,8,10-13,28H,7,9H2,1-4H3. The van der Waals surface area contributed by atoms with E-state index in [4.69, 9.17) is 13.6 Å². The highest BCUT2D eigenvalue weighted by Gasteiger charge is 2.18. The second-order valence-corrected chi connectivity index (χ2v) is 8.41. The van der Waals surface area contributed by atoms with Crippen LogP contribution in [0.2, 0.25) is 0 Å². The van der Waals surface area contributed by atoms with Crippen LogP contribution in [0.1, 0.15) is 49.3 Å². The summed E-state index contributed by atoms with van der Waals surface area (Å²) >= 11 is 0. The summed E-state index contributed by atoms with van der Waals surface area (Å²) in [4.78, 5) is 37.5. The molecule has 0 bridgehead atoms. The Hall–Kier alpha value is -3.87. The maximum absolute atomic E-state index is 13.0. The SMILES string of the molecule is COc1ccc(Cc2cc(=O)c3c(CC(C)=O)cc(O)cc3o2)c2c(=O)cc(C(C)C)oc12. The lowest BCUT2D eigenvalue weighted by Crippen LogP contribution is -2.10. The van der Waals surface area contributed by atoms with Crippen molar-refractivity contribution in [1.29, 1.82) is 0 Å². The van der Waals surface area contributed by atoms with Crippen molar-refractivity contribution in [2.45, 2.75) is 39.5 Å². The van der Waals surface area contributed by atoms with Crippen molar-refractivity contribution in [3.63, 3.8) is 0 Å². The minimum Gasteiger partial charge on any atom is -0.508 e. The van der Waals surface area contributed by atoms with Gasteiger partial charge in [-0.2, -0.15) is 0 Å². The van der Waals surface area contributed by atoms with Gasteiger partial charge in [-0.05, 0) is 30.2 Å². The van der Waals surface area contributed by atoms with E-state index in [0.717, 1.165) is 0 Å². The zero-order valence-corrected chi connectivity index (χ0v) is 18.9. The van der Waals surface area contributed by atoms with Crippen LogP contribution in [0.3, 0.4) is 0 Å². The first-order chi connectivity index (χ1) is 15.7. The third-order valence-electron chi connectivity index (χ3n) is 5.49. The number of carbonyl (C=O) groups excluding carboxylic acids is 1. The van der Waals surface area contributed by atoms with Crippen molar-refractivity contribution in [3.05, 3.63) is 79.5 Å². The van der Waals surface area contributed by atoms with Crippen LogP contribution in [0, 0.1) is 0 Å². The number of fused-ring (bicyclic) bond motifs is 2. The normalized spacial score (nSPS) is 11.4. The smallest absolute Gasteiger partial charge is 0.193 e. The Bertz CT molecular complexity index is 1510. The molecule has 0 aliphatic rings. The van der Waals surface area contributed by atoms with E-state index in [2.05, 4.69) is 0 Å². The van der Waals surface area contributed by atoms with Gasteiger partial charge in [-0.25, -0.2) is 0 Å². The first kappa shape index (κ1) is 22.3. The number of aromatic hydroxyl groups is 1. The fourth-order valence-corrected chi connectivity index (χ4v) is 4.01. The lowest BCUT2D eigenvalue weighted by molar-refractivity contribution is -0.116. The topological polar surface area (TPSA) is 107 Å². The van der Waals surface area contributed by atoms with Crippen LogP contribution in [0.25, 0.3) is 21.9 Å². The Morgan fingerprint density at radius 3 is 2.39 bits per heavy atom. The molecular formula is C26H24O7. The van der Waals surface area contributed by atoms with E-state index in [1.165, 1.54) is 38.3 Å². The molecule has 0 spiro atoms. The van der Waals surface area contributed by atoms with Crippen molar-refractivity contribution in [1.82, 2.24) is 0 Å². The summed E-state index contributed by atoms with van der Waals surface area (Å²) in [5.41, 5.74) is 1.01. The molecule has 2 aromatic carbocycles. The molecule has 0 aliphatic heterocycles. The maximum atomic E-state index is 13.0. The van der Waals surface area contributed by atoms with Gasteiger partial charge in [0.15, 0.2) is 22.2 Å². The molecule has 7 heteroatoms. The quantitative estimate of drug-likeness (QED) is 0.464. The minimum atomic E-state index is -0.325. The highest BCUT2D eigenvalue weighted by Crippen LogP contribution is 2.31. The molecule has 2 aromatic heterocycles. The monoisotopic (exact) mass is 448 g/mol. The Morgan fingerprint density at radius 1 is 1.00 bits per heavy atom. The van der Waals surface area contributed by atoms with E-state index in [1.54, 1.807) is 12.1 Å². The first-order valence-corrected chi connectivity index (χ1v) is 10.6. The highest BCUT2D eigenvalue weighted by molar-refractivity contribution is 5.88. The molecule has 33 heavy (non-hydrogen) atoms. The van der Waals surface area contributed by atoms with E-state index in [0.29, 0.717) is 39.4 Å². The van der Waals surface area contributed by atoms with Crippen LogP contribution in [-0.4, -0.2) is 18.0 Å². The molecule has 0 atom stereocenters. The van der Waals surface area contributed by atoms with Crippen LogP contribution < -0.4 is 15.6 Å². The first-order valence-electron chi connectivity index (χ1n) is 10.6. The Balaban J connectivity index is 1.88. The predicted molar refractivity (Wildman–Crippen MR) is 124 cm³/mol. The number of Topliss-reactive ketones (excluding diaryl/α,β-unsaturated/α-hetero) is 1. The third-order valence-corrected chi connectivity index (χ3v) is 5.49. The molecule has 0 amide bonds. The van der Waals surface area contributed by atoms with Crippen LogP contribution in [0.5, 0.6) is 11.5 Å². The van der Waals surface area contributed by atoms with Crippen LogP contribution >= 0.6 is 0 Å². The molecule has 0 saturated heterocycles. The van der Waals surface area contributed by atoms with Gasteiger partial charge in [-0.15, -0.1) is 0 Å². The summed E-state index contributed by atoms with van der Waals surface area (Å²) in [5.74, 6) is 1.08. The molecule has 7 nitrogen and oxygen atoms in total. The van der Waals surface area contributed by atoms with Gasteiger partial charge in [0.1, 0.15) is 28.6 Å². The van der Waals surface area contributed by atoms with Crippen molar-refractivity contribution in [2.24, 2.45) is 0 Å². The number of hydrogen-bond acceptors (Lipinski definition) is 7. The minimum absolute atomic E-state index is 0.0113. The van der Waals surface area contributed by atoms with Crippen LogP contribution in [0.4, 0.5) is 0 Å². The summed E-state index contributed by atoms with van der Waals surface area (Å²) in [5, 5.41) is 10.7. The van der Waals surface area contributed by atoms with E-state index in [-0.39, 0.29) is 52.1 Å². The molecule has 2 heterocycles. The van der Waals surface area contributed by atoms with Gasteiger partial charge in [0.05, 0.1) is 17.9 Å². The molecule has 0 aliphatic carbocycles. The zero-order chi connectivity index (χ0) is 23.9. The van der Waals surface area contributed by atoms with Gasteiger partial charge in [-0.1, -0.05) is 19.9 Å². The molecule has 0 radical (unpaired) electrons. The fraction of sp³-hybridized carbons (Fsp3) is 0.269. The molecule has 0 saturated carbocycles. The van der Waals surface area contributed by atoms with Crippen LogP contribution in [-0.2, 0) is 17.6 Å². The Labute approximate surface area is 189 Å². The largest absolute Gasteiger partial charge is 0.508 e. The number of carbonyl (C=O) groups is 1. The second-order valence-electron chi connectivity index (χ2n) is 8.41. The van der Waals surface area contributed by atoms with Gasteiger partial charge in [0.2, 0.25) is 0 Å². The van der Waals surface area contributed by atoms with Gasteiger partial charge in [0.25, 0.3) is 0 Å². The number of rotatable bonds is 6. The average molecular weight is 448 g/mol.